The summed E-state index contributed by atoms with van der Waals surface area (Å²) in [6.07, 6.45) is 2.74. The Kier molecular flexibility index (Phi) is 10.9. The van der Waals surface area contributed by atoms with Crippen molar-refractivity contribution in [1.29, 1.82) is 0 Å². The molecule has 6 aromatic rings. The molecule has 0 atom stereocenters. The number of fused-ring (bicyclic) bond motifs is 8. The number of aromatic hydroxyl groups is 2. The SMILES string of the molecule is CCCOc1c2cccc1Cc1cc(C(=O)c3ccccc3)cc(c1O)Cc1cccc(c1OCCC)Cc1cc(C(=O)c3ccccc3)cc(c1O)C2. The van der Waals surface area contributed by atoms with Gasteiger partial charge in [0.15, 0.2) is 11.6 Å². The highest BCUT2D eigenvalue weighted by atomic mass is 16.5. The van der Waals surface area contributed by atoms with E-state index in [1.807, 2.05) is 86.6 Å². The maximum Gasteiger partial charge on any atom is 0.193 e. The first-order valence-electron chi connectivity index (χ1n) is 18.7. The molecule has 7 rings (SSSR count). The van der Waals surface area contributed by atoms with Crippen LogP contribution in [0.4, 0.5) is 0 Å². The Labute approximate surface area is 316 Å². The number of ether oxygens (including phenoxy) is 2. The zero-order valence-electron chi connectivity index (χ0n) is 30.7. The zero-order valence-corrected chi connectivity index (χ0v) is 30.7. The van der Waals surface area contributed by atoms with Crippen LogP contribution in [0.2, 0.25) is 0 Å². The van der Waals surface area contributed by atoms with E-state index in [1.165, 1.54) is 0 Å². The molecule has 1 aliphatic rings. The minimum atomic E-state index is -0.130. The number of ketones is 2. The first-order chi connectivity index (χ1) is 26.3. The summed E-state index contributed by atoms with van der Waals surface area (Å²) in [5.74, 6) is 1.31. The molecule has 6 heteroatoms. The number of hydrogen-bond donors (Lipinski definition) is 2. The first-order valence-corrected chi connectivity index (χ1v) is 18.7. The highest BCUT2D eigenvalue weighted by Gasteiger charge is 2.24. The van der Waals surface area contributed by atoms with Gasteiger partial charge < -0.3 is 19.7 Å². The molecule has 0 unspecified atom stereocenters. The summed E-state index contributed by atoms with van der Waals surface area (Å²) in [7, 11) is 0. The van der Waals surface area contributed by atoms with Crippen LogP contribution >= 0.6 is 0 Å². The standard InChI is InChI=1S/C48H44O6/c1-3-21-53-47-33-17-11-18-34(47)24-38-28-42(44(50)32-15-9-6-10-16-32)30-40(46(38)52)26-36-20-12-19-35(48(36)54-22-4-2)25-39-29-41(27-37(23-33)45(39)51)43(49)31-13-7-5-8-14-31/h5-20,27-30,51-52H,3-4,21-26H2,1-2H3. The Morgan fingerprint density at radius 3 is 1.06 bits per heavy atom. The Bertz CT molecular complexity index is 2050. The number of rotatable bonds is 10. The van der Waals surface area contributed by atoms with Crippen LogP contribution in [0.1, 0.15) is 103 Å². The van der Waals surface area contributed by atoms with Crippen molar-refractivity contribution in [1.82, 2.24) is 0 Å². The van der Waals surface area contributed by atoms with Gasteiger partial charge in [0.05, 0.1) is 13.2 Å². The van der Waals surface area contributed by atoms with Crippen molar-refractivity contribution in [2.45, 2.75) is 52.4 Å². The van der Waals surface area contributed by atoms with Crippen molar-refractivity contribution in [2.75, 3.05) is 13.2 Å². The van der Waals surface area contributed by atoms with E-state index in [0.29, 0.717) is 94.9 Å². The summed E-state index contributed by atoms with van der Waals surface area (Å²) in [5.41, 5.74) is 7.86. The number of para-hydroxylation sites is 2. The Hall–Kier alpha value is -6.14. The van der Waals surface area contributed by atoms with Gasteiger partial charge in [-0.2, -0.15) is 0 Å². The third-order valence-corrected chi connectivity index (χ3v) is 9.91. The maximum absolute atomic E-state index is 13.9. The molecule has 272 valence electrons. The highest BCUT2D eigenvalue weighted by Crippen LogP contribution is 2.39. The lowest BCUT2D eigenvalue weighted by Gasteiger charge is -2.21. The minimum Gasteiger partial charge on any atom is -0.507 e. The summed E-state index contributed by atoms with van der Waals surface area (Å²) in [5, 5.41) is 24.0. The molecule has 0 heterocycles. The molecule has 0 aliphatic heterocycles. The van der Waals surface area contributed by atoms with Gasteiger partial charge in [-0.25, -0.2) is 0 Å². The molecule has 8 bridgehead atoms. The van der Waals surface area contributed by atoms with E-state index in [0.717, 1.165) is 35.1 Å². The molecule has 1 aliphatic carbocycles. The third kappa shape index (κ3) is 7.65. The minimum absolute atomic E-state index is 0.123. The lowest BCUT2D eigenvalue weighted by molar-refractivity contribution is 0.103. The molecular weight excluding hydrogens is 673 g/mol. The number of hydrogen-bond acceptors (Lipinski definition) is 6. The number of benzene rings is 6. The molecule has 0 saturated heterocycles. The average molecular weight is 717 g/mol. The number of phenolic OH excluding ortho intramolecular Hbond substituents is 2. The molecule has 0 spiro atoms. The van der Waals surface area contributed by atoms with Gasteiger partial charge in [0, 0.05) is 47.9 Å². The largest absolute Gasteiger partial charge is 0.507 e. The van der Waals surface area contributed by atoms with E-state index in [-0.39, 0.29) is 23.1 Å². The topological polar surface area (TPSA) is 93.1 Å². The van der Waals surface area contributed by atoms with Gasteiger partial charge in [-0.3, -0.25) is 9.59 Å². The molecular formula is C48H44O6. The van der Waals surface area contributed by atoms with Crippen LogP contribution in [0.25, 0.3) is 0 Å². The van der Waals surface area contributed by atoms with Gasteiger partial charge >= 0.3 is 0 Å². The van der Waals surface area contributed by atoms with Crippen LogP contribution in [0.3, 0.4) is 0 Å². The Morgan fingerprint density at radius 1 is 0.444 bits per heavy atom. The lowest BCUT2D eigenvalue weighted by atomic mass is 9.88. The fourth-order valence-electron chi connectivity index (χ4n) is 7.27. The van der Waals surface area contributed by atoms with Gasteiger partial charge in [-0.05, 0) is 81.6 Å². The molecule has 0 fully saturated rings. The monoisotopic (exact) mass is 716 g/mol. The summed E-state index contributed by atoms with van der Waals surface area (Å²) in [4.78, 5) is 27.9. The summed E-state index contributed by atoms with van der Waals surface area (Å²) in [6, 6.07) is 37.3. The summed E-state index contributed by atoms with van der Waals surface area (Å²) in [6.45, 7) is 5.02. The molecule has 0 saturated carbocycles. The summed E-state index contributed by atoms with van der Waals surface area (Å²) < 4.78 is 12.9. The maximum atomic E-state index is 13.9. The van der Waals surface area contributed by atoms with Crippen LogP contribution in [0.15, 0.2) is 121 Å². The van der Waals surface area contributed by atoms with Crippen LogP contribution in [0, 0.1) is 0 Å². The van der Waals surface area contributed by atoms with Crippen LogP contribution in [0.5, 0.6) is 23.0 Å². The molecule has 6 aromatic carbocycles. The van der Waals surface area contributed by atoms with E-state index < -0.39 is 0 Å². The molecule has 2 N–H and O–H groups in total. The summed E-state index contributed by atoms with van der Waals surface area (Å²) >= 11 is 0. The predicted octanol–water partition coefficient (Wildman–Crippen LogP) is 9.81. The zero-order chi connectivity index (χ0) is 37.6. The van der Waals surface area contributed by atoms with E-state index in [4.69, 9.17) is 9.47 Å². The predicted molar refractivity (Wildman–Crippen MR) is 212 cm³/mol. The van der Waals surface area contributed by atoms with Crippen molar-refractivity contribution in [3.8, 4) is 23.0 Å². The van der Waals surface area contributed by atoms with Crippen LogP contribution in [-0.4, -0.2) is 35.0 Å². The van der Waals surface area contributed by atoms with Crippen molar-refractivity contribution in [2.24, 2.45) is 0 Å². The number of carbonyl (C=O) groups is 2. The molecule has 54 heavy (non-hydrogen) atoms. The van der Waals surface area contributed by atoms with Gasteiger partial charge in [0.25, 0.3) is 0 Å². The van der Waals surface area contributed by atoms with E-state index >= 15 is 0 Å². The van der Waals surface area contributed by atoms with Crippen molar-refractivity contribution in [3.63, 3.8) is 0 Å². The van der Waals surface area contributed by atoms with Crippen molar-refractivity contribution < 1.29 is 29.3 Å². The number of phenols is 2. The Balaban J connectivity index is 1.46. The third-order valence-electron chi connectivity index (χ3n) is 9.91. The second-order valence-electron chi connectivity index (χ2n) is 13.9. The normalized spacial score (nSPS) is 12.2. The Morgan fingerprint density at radius 2 is 0.759 bits per heavy atom. The fraction of sp³-hybridized carbons (Fsp3) is 0.208. The lowest BCUT2D eigenvalue weighted by Crippen LogP contribution is -2.09. The average Bonchev–Trinajstić information content (AvgIpc) is 3.20. The first kappa shape index (κ1) is 36.2. The van der Waals surface area contributed by atoms with E-state index in [9.17, 15) is 19.8 Å². The second-order valence-corrected chi connectivity index (χ2v) is 13.9. The van der Waals surface area contributed by atoms with E-state index in [1.54, 1.807) is 48.5 Å². The molecule has 0 amide bonds. The van der Waals surface area contributed by atoms with Crippen molar-refractivity contribution >= 4 is 11.6 Å². The quantitative estimate of drug-likeness (QED) is 0.137. The van der Waals surface area contributed by atoms with Crippen molar-refractivity contribution in [3.05, 3.63) is 188 Å². The molecule has 6 nitrogen and oxygen atoms in total. The van der Waals surface area contributed by atoms with Crippen LogP contribution in [-0.2, 0) is 25.7 Å². The smallest absolute Gasteiger partial charge is 0.193 e. The van der Waals surface area contributed by atoms with Gasteiger partial charge in [0.1, 0.15) is 23.0 Å². The molecule has 0 radical (unpaired) electrons. The second kappa shape index (κ2) is 16.3. The van der Waals surface area contributed by atoms with Gasteiger partial charge in [0.2, 0.25) is 0 Å². The van der Waals surface area contributed by atoms with E-state index in [2.05, 4.69) is 0 Å². The molecule has 0 aromatic heterocycles. The van der Waals surface area contributed by atoms with Crippen LogP contribution < -0.4 is 9.47 Å². The fourth-order valence-corrected chi connectivity index (χ4v) is 7.27. The van der Waals surface area contributed by atoms with Gasteiger partial charge in [-0.1, -0.05) is 111 Å². The number of carbonyl (C=O) groups excluding carboxylic acids is 2. The highest BCUT2D eigenvalue weighted by molar-refractivity contribution is 6.10. The van der Waals surface area contributed by atoms with Gasteiger partial charge in [-0.15, -0.1) is 0 Å².